The van der Waals surface area contributed by atoms with Gasteiger partial charge >= 0.3 is 0 Å². The quantitative estimate of drug-likeness (QED) is 0.159. The van der Waals surface area contributed by atoms with Crippen molar-refractivity contribution in [2.45, 2.75) is 0 Å². The van der Waals surface area contributed by atoms with Crippen LogP contribution in [0.1, 0.15) is 0 Å². The molecule has 0 aliphatic carbocycles. The highest BCUT2D eigenvalue weighted by atomic mass is 16.5. The number of anilines is 3. The molecule has 11 aromatic carbocycles. The molecule has 0 N–H and O–H groups in total. The fraction of sp³-hybridized carbons (Fsp3) is 0. The highest BCUT2D eigenvalue weighted by Gasteiger charge is 2.25. The zero-order chi connectivity index (χ0) is 42.4. The van der Waals surface area contributed by atoms with Crippen molar-refractivity contribution >= 4 is 38.6 Å². The Morgan fingerprint density at radius 3 is 1.20 bits per heavy atom. The Morgan fingerprint density at radius 2 is 0.641 bits per heavy atom. The standard InChI is InChI=1S/C62H41NO/c1-3-12-42(13-4-1)44-22-24-45(25-23-44)47-28-33-53(34-29-47)63(52-31-26-46(27-32-52)43-14-5-2-6-15-43)54-35-37-58-60-39-50-18-8-7-17-49(50)38-59(60)57-36-30-51(40-61(57)64-62(58)41-54)56-21-11-19-48-16-9-10-20-55(48)56/h1-41H. The fourth-order valence-corrected chi connectivity index (χ4v) is 9.40. The summed E-state index contributed by atoms with van der Waals surface area (Å²) in [6.07, 6.45) is 0. The van der Waals surface area contributed by atoms with E-state index in [2.05, 4.69) is 254 Å². The van der Waals surface area contributed by atoms with Gasteiger partial charge < -0.3 is 9.64 Å². The Kier molecular flexibility index (Phi) is 9.20. The van der Waals surface area contributed by atoms with Gasteiger partial charge in [0.2, 0.25) is 0 Å². The molecule has 1 aliphatic rings. The third-order valence-electron chi connectivity index (χ3n) is 12.7. The predicted octanol–water partition coefficient (Wildman–Crippen LogP) is 17.6. The first kappa shape index (κ1) is 37.3. The first-order valence-electron chi connectivity index (χ1n) is 21.9. The summed E-state index contributed by atoms with van der Waals surface area (Å²) in [7, 11) is 0. The number of hydrogen-bond donors (Lipinski definition) is 0. The molecule has 12 rings (SSSR count). The normalized spacial score (nSPS) is 11.6. The Hall–Kier alpha value is -8.46. The van der Waals surface area contributed by atoms with E-state index >= 15 is 0 Å². The smallest absolute Gasteiger partial charge is 0.137 e. The van der Waals surface area contributed by atoms with E-state index in [-0.39, 0.29) is 0 Å². The van der Waals surface area contributed by atoms with Crippen LogP contribution in [0.4, 0.5) is 17.1 Å². The third-order valence-corrected chi connectivity index (χ3v) is 12.7. The van der Waals surface area contributed by atoms with Gasteiger partial charge in [0.05, 0.1) is 0 Å². The molecule has 0 spiro atoms. The molecule has 0 saturated heterocycles. The lowest BCUT2D eigenvalue weighted by molar-refractivity contribution is 0.488. The summed E-state index contributed by atoms with van der Waals surface area (Å²) in [5, 5.41) is 4.83. The van der Waals surface area contributed by atoms with Crippen LogP contribution in [0.5, 0.6) is 11.5 Å². The Morgan fingerprint density at radius 1 is 0.234 bits per heavy atom. The zero-order valence-electron chi connectivity index (χ0n) is 35.0. The van der Waals surface area contributed by atoms with Crippen molar-refractivity contribution in [2.75, 3.05) is 4.90 Å². The van der Waals surface area contributed by atoms with Crippen molar-refractivity contribution in [3.8, 4) is 78.3 Å². The van der Waals surface area contributed by atoms with E-state index in [9.17, 15) is 0 Å². The lowest BCUT2D eigenvalue weighted by Crippen LogP contribution is -2.10. The van der Waals surface area contributed by atoms with Crippen LogP contribution in [0.2, 0.25) is 0 Å². The molecule has 1 aliphatic heterocycles. The number of benzene rings is 11. The molecule has 2 nitrogen and oxygen atoms in total. The van der Waals surface area contributed by atoms with Crippen molar-refractivity contribution in [3.63, 3.8) is 0 Å². The third kappa shape index (κ3) is 6.79. The van der Waals surface area contributed by atoms with Gasteiger partial charge in [-0.1, -0.05) is 182 Å². The van der Waals surface area contributed by atoms with Crippen molar-refractivity contribution in [1.29, 1.82) is 0 Å². The minimum atomic E-state index is 0.809. The summed E-state index contributed by atoms with van der Waals surface area (Å²) >= 11 is 0. The van der Waals surface area contributed by atoms with Gasteiger partial charge in [0.1, 0.15) is 11.5 Å². The lowest BCUT2D eigenvalue weighted by Gasteiger charge is -2.27. The van der Waals surface area contributed by atoms with Crippen LogP contribution in [0.15, 0.2) is 249 Å². The second-order valence-electron chi connectivity index (χ2n) is 16.5. The Labute approximate surface area is 373 Å². The van der Waals surface area contributed by atoms with Gasteiger partial charge in [0, 0.05) is 34.3 Å². The summed E-state index contributed by atoms with van der Waals surface area (Å²) in [6.45, 7) is 0. The van der Waals surface area contributed by atoms with E-state index in [1.165, 1.54) is 54.9 Å². The molecule has 0 fully saturated rings. The molecule has 1 heterocycles. The molecule has 300 valence electrons. The predicted molar refractivity (Wildman–Crippen MR) is 269 cm³/mol. The molecule has 0 aromatic heterocycles. The summed E-state index contributed by atoms with van der Waals surface area (Å²) in [4.78, 5) is 2.33. The molecule has 64 heavy (non-hydrogen) atoms. The molecular weight excluding hydrogens is 775 g/mol. The van der Waals surface area contributed by atoms with Gasteiger partial charge in [0.25, 0.3) is 0 Å². The van der Waals surface area contributed by atoms with Crippen LogP contribution in [-0.4, -0.2) is 0 Å². The molecule has 2 heteroatoms. The number of nitrogens with zero attached hydrogens (tertiary/aromatic N) is 1. The Balaban J connectivity index is 0.988. The van der Waals surface area contributed by atoms with Crippen molar-refractivity contribution in [2.24, 2.45) is 0 Å². The van der Waals surface area contributed by atoms with E-state index in [0.29, 0.717) is 0 Å². The molecular formula is C62H41NO. The summed E-state index contributed by atoms with van der Waals surface area (Å²) in [5.74, 6) is 1.64. The number of hydrogen-bond acceptors (Lipinski definition) is 2. The number of rotatable bonds is 7. The van der Waals surface area contributed by atoms with E-state index < -0.39 is 0 Å². The van der Waals surface area contributed by atoms with Gasteiger partial charge in [-0.25, -0.2) is 0 Å². The molecule has 0 unspecified atom stereocenters. The largest absolute Gasteiger partial charge is 0.456 e. The minimum Gasteiger partial charge on any atom is -0.456 e. The molecule has 0 amide bonds. The van der Waals surface area contributed by atoms with Gasteiger partial charge in [0.15, 0.2) is 0 Å². The van der Waals surface area contributed by atoms with Crippen LogP contribution in [0, 0.1) is 0 Å². The lowest BCUT2D eigenvalue weighted by atomic mass is 9.90. The maximum atomic E-state index is 7.22. The average Bonchev–Trinajstić information content (AvgIpc) is 3.50. The van der Waals surface area contributed by atoms with Crippen molar-refractivity contribution < 1.29 is 4.74 Å². The van der Waals surface area contributed by atoms with Crippen LogP contribution in [0.3, 0.4) is 0 Å². The summed E-state index contributed by atoms with van der Waals surface area (Å²) < 4.78 is 7.22. The summed E-state index contributed by atoms with van der Waals surface area (Å²) in [5.41, 5.74) is 17.0. The average molecular weight is 816 g/mol. The van der Waals surface area contributed by atoms with Crippen molar-refractivity contribution in [3.05, 3.63) is 249 Å². The van der Waals surface area contributed by atoms with Crippen LogP contribution in [-0.2, 0) is 0 Å². The second kappa shape index (κ2) is 15.8. The topological polar surface area (TPSA) is 12.5 Å². The molecule has 0 atom stereocenters. The molecule has 0 radical (unpaired) electrons. The maximum absolute atomic E-state index is 7.22. The van der Waals surface area contributed by atoms with E-state index in [1.807, 2.05) is 0 Å². The van der Waals surface area contributed by atoms with E-state index in [1.54, 1.807) is 0 Å². The van der Waals surface area contributed by atoms with Gasteiger partial charge in [-0.15, -0.1) is 0 Å². The Bertz CT molecular complexity index is 3480. The van der Waals surface area contributed by atoms with Crippen molar-refractivity contribution in [1.82, 2.24) is 0 Å². The van der Waals surface area contributed by atoms with Gasteiger partial charge in [-0.2, -0.15) is 0 Å². The molecule has 0 saturated carbocycles. The van der Waals surface area contributed by atoms with Gasteiger partial charge in [-0.05, 0) is 138 Å². The van der Waals surface area contributed by atoms with Crippen LogP contribution >= 0.6 is 0 Å². The molecule has 0 bridgehead atoms. The molecule has 11 aromatic rings. The van der Waals surface area contributed by atoms with E-state index in [0.717, 1.165) is 61.9 Å². The SMILES string of the molecule is c1ccc(-c2ccc(-c3ccc(N(c4ccc(-c5ccccc5)cc4)c4ccc5c(c4)Oc4cc(-c6cccc7ccccc67)ccc4-c4cc6ccccc6cc4-5)cc3)cc2)cc1. The van der Waals surface area contributed by atoms with Crippen LogP contribution in [0.25, 0.3) is 88.3 Å². The monoisotopic (exact) mass is 815 g/mol. The maximum Gasteiger partial charge on any atom is 0.137 e. The number of ether oxygens (including phenoxy) is 1. The first-order valence-corrected chi connectivity index (χ1v) is 21.9. The minimum absolute atomic E-state index is 0.809. The zero-order valence-corrected chi connectivity index (χ0v) is 35.0. The number of fused-ring (bicyclic) bond motifs is 7. The van der Waals surface area contributed by atoms with Gasteiger partial charge in [-0.3, -0.25) is 0 Å². The summed E-state index contributed by atoms with van der Waals surface area (Å²) in [6, 6.07) is 89.5. The van der Waals surface area contributed by atoms with Crippen LogP contribution < -0.4 is 9.64 Å². The second-order valence-corrected chi connectivity index (χ2v) is 16.5. The first-order chi connectivity index (χ1) is 31.7. The fourth-order valence-electron chi connectivity index (χ4n) is 9.40. The highest BCUT2D eigenvalue weighted by molar-refractivity contribution is 6.02. The van der Waals surface area contributed by atoms with E-state index in [4.69, 9.17) is 4.74 Å². The highest BCUT2D eigenvalue weighted by Crippen LogP contribution is 2.51.